The molecule has 2 saturated heterocycles. The van der Waals surface area contributed by atoms with Crippen molar-refractivity contribution in [2.75, 3.05) is 19.8 Å². The van der Waals surface area contributed by atoms with E-state index in [2.05, 4.69) is 6.92 Å². The fourth-order valence-corrected chi connectivity index (χ4v) is 5.27. The van der Waals surface area contributed by atoms with Gasteiger partial charge in [-0.3, -0.25) is 0 Å². The lowest BCUT2D eigenvalue weighted by Gasteiger charge is -2.45. The van der Waals surface area contributed by atoms with E-state index in [1.54, 1.807) is 6.08 Å². The molecule has 0 amide bonds. The molecular formula is C30H56O12. The van der Waals surface area contributed by atoms with Crippen LogP contribution in [0.25, 0.3) is 0 Å². The van der Waals surface area contributed by atoms with Crippen molar-refractivity contribution in [3.63, 3.8) is 0 Å². The smallest absolute Gasteiger partial charge is 0.187 e. The molecule has 248 valence electrons. The molecule has 0 spiro atoms. The average molecular weight is 609 g/mol. The second-order valence-corrected chi connectivity index (χ2v) is 11.5. The molecule has 0 aromatic heterocycles. The molecule has 0 bridgehead atoms. The Labute approximate surface area is 249 Å². The maximum absolute atomic E-state index is 10.7. The predicted octanol–water partition coefficient (Wildman–Crippen LogP) is 0.635. The number of aliphatic hydroxyl groups is 8. The number of hydrogen-bond donors (Lipinski definition) is 8. The first kappa shape index (κ1) is 37.4. The van der Waals surface area contributed by atoms with Gasteiger partial charge in [0.25, 0.3) is 0 Å². The molecule has 42 heavy (non-hydrogen) atoms. The van der Waals surface area contributed by atoms with E-state index < -0.39 is 80.7 Å². The number of allylic oxidation sites excluding steroid dienone is 1. The van der Waals surface area contributed by atoms with Crippen molar-refractivity contribution in [2.24, 2.45) is 0 Å². The Morgan fingerprint density at radius 3 is 1.81 bits per heavy atom. The largest absolute Gasteiger partial charge is 0.394 e. The van der Waals surface area contributed by atoms with Gasteiger partial charge < -0.3 is 59.8 Å². The standard InChI is InChI=1S/C30H56O12/c1-2-3-4-5-6-7-8-9-10-11-12-13-14-15-20(33)16-17-39-29-27(38)25(36)28(22(19-32)41-29)42-30-26(37)24(35)23(34)21(18-31)40-30/h14-15,20-38H,2-13,16-19H2,1H3/b15-14+/t20-,21-,22-,23+,24+,25-,26?,27?,28?,29-,30?/m1/s1. The van der Waals surface area contributed by atoms with E-state index in [9.17, 15) is 40.9 Å². The van der Waals surface area contributed by atoms with Crippen LogP contribution in [0.5, 0.6) is 0 Å². The van der Waals surface area contributed by atoms with Gasteiger partial charge in [-0.15, -0.1) is 0 Å². The van der Waals surface area contributed by atoms with E-state index in [4.69, 9.17) is 18.9 Å². The van der Waals surface area contributed by atoms with Crippen LogP contribution in [0.1, 0.15) is 90.4 Å². The summed E-state index contributed by atoms with van der Waals surface area (Å²) in [4.78, 5) is 0. The van der Waals surface area contributed by atoms with Crippen molar-refractivity contribution in [1.29, 1.82) is 0 Å². The molecule has 0 radical (unpaired) electrons. The molecule has 0 aliphatic carbocycles. The zero-order valence-corrected chi connectivity index (χ0v) is 25.0. The Kier molecular flexibility index (Phi) is 18.8. The minimum atomic E-state index is -1.73. The molecule has 2 rings (SSSR count). The highest BCUT2D eigenvalue weighted by Gasteiger charge is 2.50. The van der Waals surface area contributed by atoms with E-state index in [-0.39, 0.29) is 13.0 Å². The first-order valence-corrected chi connectivity index (χ1v) is 15.8. The molecule has 2 aliphatic rings. The van der Waals surface area contributed by atoms with Gasteiger partial charge in [0.05, 0.1) is 25.9 Å². The highest BCUT2D eigenvalue weighted by molar-refractivity contribution is 4.94. The number of unbranched alkanes of at least 4 members (excludes halogenated alkanes) is 11. The van der Waals surface area contributed by atoms with Gasteiger partial charge in [0.15, 0.2) is 12.6 Å². The summed E-state index contributed by atoms with van der Waals surface area (Å²) < 4.78 is 21.9. The highest BCUT2D eigenvalue weighted by atomic mass is 16.7. The van der Waals surface area contributed by atoms with Crippen LogP contribution in [0.4, 0.5) is 0 Å². The zero-order chi connectivity index (χ0) is 30.9. The van der Waals surface area contributed by atoms with Crippen LogP contribution in [-0.2, 0) is 18.9 Å². The topological polar surface area (TPSA) is 199 Å². The normalized spacial score (nSPS) is 34.7. The van der Waals surface area contributed by atoms with Gasteiger partial charge in [-0.05, 0) is 12.8 Å². The molecule has 8 N–H and O–H groups in total. The summed E-state index contributed by atoms with van der Waals surface area (Å²) in [5.41, 5.74) is 0. The quantitative estimate of drug-likeness (QED) is 0.0669. The summed E-state index contributed by atoms with van der Waals surface area (Å²) in [6.07, 6.45) is 3.13. The second-order valence-electron chi connectivity index (χ2n) is 11.5. The summed E-state index contributed by atoms with van der Waals surface area (Å²) in [5, 5.41) is 80.7. The number of aliphatic hydroxyl groups excluding tert-OH is 8. The minimum absolute atomic E-state index is 0.00871. The maximum atomic E-state index is 10.7. The van der Waals surface area contributed by atoms with Crippen LogP contribution in [0.15, 0.2) is 12.2 Å². The fraction of sp³-hybridized carbons (Fsp3) is 0.933. The Hall–Kier alpha value is -0.740. The van der Waals surface area contributed by atoms with Crippen LogP contribution >= 0.6 is 0 Å². The Bertz CT molecular complexity index is 708. The Morgan fingerprint density at radius 2 is 1.21 bits per heavy atom. The third-order valence-corrected chi connectivity index (χ3v) is 7.99. The van der Waals surface area contributed by atoms with Crippen molar-refractivity contribution in [1.82, 2.24) is 0 Å². The van der Waals surface area contributed by atoms with E-state index in [1.807, 2.05) is 6.08 Å². The molecule has 2 aliphatic heterocycles. The molecule has 0 saturated carbocycles. The van der Waals surface area contributed by atoms with Crippen LogP contribution < -0.4 is 0 Å². The lowest BCUT2D eigenvalue weighted by Crippen LogP contribution is -2.64. The van der Waals surface area contributed by atoms with Crippen molar-refractivity contribution in [3.8, 4) is 0 Å². The van der Waals surface area contributed by atoms with Crippen LogP contribution in [0.2, 0.25) is 0 Å². The lowest BCUT2D eigenvalue weighted by molar-refractivity contribution is -0.359. The van der Waals surface area contributed by atoms with Gasteiger partial charge in [-0.2, -0.15) is 0 Å². The molecule has 12 heteroatoms. The molecule has 2 heterocycles. The first-order chi connectivity index (χ1) is 20.2. The molecule has 4 unspecified atom stereocenters. The molecule has 11 atom stereocenters. The van der Waals surface area contributed by atoms with E-state index in [0.717, 1.165) is 12.8 Å². The van der Waals surface area contributed by atoms with E-state index in [0.29, 0.717) is 0 Å². The van der Waals surface area contributed by atoms with Crippen molar-refractivity contribution in [2.45, 2.75) is 158 Å². The monoisotopic (exact) mass is 608 g/mol. The molecule has 12 nitrogen and oxygen atoms in total. The molecule has 2 fully saturated rings. The number of ether oxygens (including phenoxy) is 4. The summed E-state index contributed by atoms with van der Waals surface area (Å²) >= 11 is 0. The highest BCUT2D eigenvalue weighted by Crippen LogP contribution is 2.29. The summed E-state index contributed by atoms with van der Waals surface area (Å²) in [7, 11) is 0. The van der Waals surface area contributed by atoms with Crippen molar-refractivity contribution in [3.05, 3.63) is 12.2 Å². The van der Waals surface area contributed by atoms with E-state index in [1.165, 1.54) is 64.2 Å². The van der Waals surface area contributed by atoms with Gasteiger partial charge >= 0.3 is 0 Å². The van der Waals surface area contributed by atoms with Gasteiger partial charge in [-0.25, -0.2) is 0 Å². The maximum Gasteiger partial charge on any atom is 0.187 e. The molecule has 0 aromatic rings. The zero-order valence-electron chi connectivity index (χ0n) is 25.0. The van der Waals surface area contributed by atoms with Crippen molar-refractivity contribution < 1.29 is 59.8 Å². The van der Waals surface area contributed by atoms with Crippen LogP contribution in [-0.4, -0.2) is 128 Å². The Balaban J connectivity index is 1.65. The van der Waals surface area contributed by atoms with Gasteiger partial charge in [-0.1, -0.05) is 83.3 Å². The van der Waals surface area contributed by atoms with Gasteiger partial charge in [0.1, 0.15) is 48.8 Å². The summed E-state index contributed by atoms with van der Waals surface area (Å²) in [6.45, 7) is 0.932. The average Bonchev–Trinajstić information content (AvgIpc) is 2.98. The van der Waals surface area contributed by atoms with E-state index >= 15 is 0 Å². The SMILES string of the molecule is CCCCCCCCCCCCC/C=C/[C@@H](O)CCO[C@@H]1O[C@H](CO)C(OC2O[C@H](CO)[C@H](O)[C@H](O)C2O)[C@H](O)C1O. The Morgan fingerprint density at radius 1 is 0.667 bits per heavy atom. The molecular weight excluding hydrogens is 552 g/mol. The summed E-state index contributed by atoms with van der Waals surface area (Å²) in [6, 6.07) is 0. The van der Waals surface area contributed by atoms with Crippen molar-refractivity contribution >= 4 is 0 Å². The van der Waals surface area contributed by atoms with Crippen LogP contribution in [0, 0.1) is 0 Å². The minimum Gasteiger partial charge on any atom is -0.394 e. The molecule has 0 aromatic carbocycles. The third kappa shape index (κ3) is 12.3. The third-order valence-electron chi connectivity index (χ3n) is 7.99. The van der Waals surface area contributed by atoms with Gasteiger partial charge in [0, 0.05) is 6.42 Å². The number of hydrogen-bond acceptors (Lipinski definition) is 12. The number of rotatable bonds is 21. The first-order valence-electron chi connectivity index (χ1n) is 15.8. The predicted molar refractivity (Wildman–Crippen MR) is 153 cm³/mol. The second kappa shape index (κ2) is 21.1. The lowest BCUT2D eigenvalue weighted by atomic mass is 9.97. The van der Waals surface area contributed by atoms with Crippen LogP contribution in [0.3, 0.4) is 0 Å². The fourth-order valence-electron chi connectivity index (χ4n) is 5.27. The summed E-state index contributed by atoms with van der Waals surface area (Å²) in [5.74, 6) is 0. The van der Waals surface area contributed by atoms with Gasteiger partial charge in [0.2, 0.25) is 0 Å².